The van der Waals surface area contributed by atoms with Gasteiger partial charge in [-0.05, 0) is 18.4 Å². The SMILES string of the molecule is C=C(CC/C=C/c1ccccc1)C(=O)OC. The van der Waals surface area contributed by atoms with Crippen LogP contribution in [0.3, 0.4) is 0 Å². The number of carbonyl (C=O) groups excluding carboxylic acids is 1. The number of esters is 1. The van der Waals surface area contributed by atoms with Crippen molar-refractivity contribution in [3.63, 3.8) is 0 Å². The Kier molecular flexibility index (Phi) is 5.06. The molecule has 0 aliphatic heterocycles. The maximum atomic E-state index is 11.0. The molecule has 1 aromatic rings. The van der Waals surface area contributed by atoms with Crippen LogP contribution in [0.5, 0.6) is 0 Å². The highest BCUT2D eigenvalue weighted by Gasteiger charge is 2.03. The third-order valence-electron chi connectivity index (χ3n) is 2.20. The van der Waals surface area contributed by atoms with Gasteiger partial charge >= 0.3 is 5.97 Å². The zero-order valence-corrected chi connectivity index (χ0v) is 9.48. The van der Waals surface area contributed by atoms with E-state index in [0.717, 1.165) is 12.0 Å². The van der Waals surface area contributed by atoms with Gasteiger partial charge in [0.25, 0.3) is 0 Å². The van der Waals surface area contributed by atoms with E-state index in [0.29, 0.717) is 12.0 Å². The highest BCUT2D eigenvalue weighted by atomic mass is 16.5. The molecule has 0 atom stereocenters. The molecule has 1 aromatic carbocycles. The smallest absolute Gasteiger partial charge is 0.333 e. The Morgan fingerprint density at radius 2 is 2.06 bits per heavy atom. The van der Waals surface area contributed by atoms with Crippen molar-refractivity contribution in [3.8, 4) is 0 Å². The highest BCUT2D eigenvalue weighted by Crippen LogP contribution is 2.07. The van der Waals surface area contributed by atoms with Crippen molar-refractivity contribution in [1.29, 1.82) is 0 Å². The number of carbonyl (C=O) groups is 1. The topological polar surface area (TPSA) is 26.3 Å². The molecule has 0 N–H and O–H groups in total. The Hall–Kier alpha value is -1.83. The molecule has 0 aliphatic rings. The lowest BCUT2D eigenvalue weighted by atomic mass is 10.1. The molecule has 0 saturated heterocycles. The summed E-state index contributed by atoms with van der Waals surface area (Å²) in [4.78, 5) is 11.0. The summed E-state index contributed by atoms with van der Waals surface area (Å²) in [5, 5.41) is 0. The fraction of sp³-hybridized carbons (Fsp3) is 0.214. The molecular formula is C14H16O2. The van der Waals surface area contributed by atoms with E-state index in [2.05, 4.69) is 11.3 Å². The van der Waals surface area contributed by atoms with Crippen LogP contribution in [0.25, 0.3) is 6.08 Å². The normalized spacial score (nSPS) is 10.3. The fourth-order valence-corrected chi connectivity index (χ4v) is 1.29. The molecule has 0 aliphatic carbocycles. The quantitative estimate of drug-likeness (QED) is 0.558. The predicted molar refractivity (Wildman–Crippen MR) is 65.9 cm³/mol. The molecule has 0 aromatic heterocycles. The first-order chi connectivity index (χ1) is 7.74. The number of ether oxygens (including phenoxy) is 1. The third-order valence-corrected chi connectivity index (χ3v) is 2.20. The highest BCUT2D eigenvalue weighted by molar-refractivity contribution is 5.87. The van der Waals surface area contributed by atoms with E-state index in [1.54, 1.807) is 0 Å². The lowest BCUT2D eigenvalue weighted by molar-refractivity contribution is -0.136. The summed E-state index contributed by atoms with van der Waals surface area (Å²) in [5.74, 6) is -0.326. The number of hydrogen-bond acceptors (Lipinski definition) is 2. The van der Waals surface area contributed by atoms with Gasteiger partial charge in [-0.2, -0.15) is 0 Å². The molecule has 0 unspecified atom stereocenters. The van der Waals surface area contributed by atoms with Crippen LogP contribution in [-0.4, -0.2) is 13.1 Å². The molecular weight excluding hydrogens is 200 g/mol. The summed E-state index contributed by atoms with van der Waals surface area (Å²) in [6.45, 7) is 3.66. The second-order valence-corrected chi connectivity index (χ2v) is 3.45. The lowest BCUT2D eigenvalue weighted by Crippen LogP contribution is -2.02. The zero-order chi connectivity index (χ0) is 11.8. The van der Waals surface area contributed by atoms with Crippen molar-refractivity contribution >= 4 is 12.0 Å². The van der Waals surface area contributed by atoms with Gasteiger partial charge in [0.1, 0.15) is 0 Å². The first kappa shape index (κ1) is 12.2. The van der Waals surface area contributed by atoms with Gasteiger partial charge in [-0.3, -0.25) is 0 Å². The van der Waals surface area contributed by atoms with Gasteiger partial charge in [0.2, 0.25) is 0 Å². The van der Waals surface area contributed by atoms with Crippen LogP contribution < -0.4 is 0 Å². The van der Waals surface area contributed by atoms with Gasteiger partial charge in [-0.1, -0.05) is 49.1 Å². The minimum Gasteiger partial charge on any atom is -0.466 e. The van der Waals surface area contributed by atoms with Crippen molar-refractivity contribution in [2.45, 2.75) is 12.8 Å². The third kappa shape index (κ3) is 4.13. The van der Waals surface area contributed by atoms with E-state index in [4.69, 9.17) is 0 Å². The van der Waals surface area contributed by atoms with Crippen molar-refractivity contribution in [2.75, 3.05) is 7.11 Å². The molecule has 0 bridgehead atoms. The Morgan fingerprint density at radius 1 is 1.38 bits per heavy atom. The van der Waals surface area contributed by atoms with E-state index in [1.165, 1.54) is 7.11 Å². The van der Waals surface area contributed by atoms with E-state index in [9.17, 15) is 4.79 Å². The summed E-state index contributed by atoms with van der Waals surface area (Å²) >= 11 is 0. The largest absolute Gasteiger partial charge is 0.466 e. The van der Waals surface area contributed by atoms with Crippen molar-refractivity contribution in [1.82, 2.24) is 0 Å². The van der Waals surface area contributed by atoms with Gasteiger partial charge < -0.3 is 4.74 Å². The van der Waals surface area contributed by atoms with Crippen LogP contribution >= 0.6 is 0 Å². The van der Waals surface area contributed by atoms with E-state index < -0.39 is 0 Å². The van der Waals surface area contributed by atoms with E-state index in [1.807, 2.05) is 42.5 Å². The molecule has 2 heteroatoms. The van der Waals surface area contributed by atoms with Crippen LogP contribution in [-0.2, 0) is 9.53 Å². The number of methoxy groups -OCH3 is 1. The maximum Gasteiger partial charge on any atom is 0.333 e. The number of hydrogen-bond donors (Lipinski definition) is 0. The maximum absolute atomic E-state index is 11.0. The zero-order valence-electron chi connectivity index (χ0n) is 9.48. The monoisotopic (exact) mass is 216 g/mol. The number of rotatable bonds is 5. The van der Waals surface area contributed by atoms with Gasteiger partial charge in [-0.25, -0.2) is 4.79 Å². The summed E-state index contributed by atoms with van der Waals surface area (Å²) < 4.78 is 4.56. The standard InChI is InChI=1S/C14H16O2/c1-12(14(15)16-2)8-6-7-11-13-9-4-3-5-10-13/h3-5,7,9-11H,1,6,8H2,2H3/b11-7+. The first-order valence-electron chi connectivity index (χ1n) is 5.21. The van der Waals surface area contributed by atoms with Crippen molar-refractivity contribution in [2.24, 2.45) is 0 Å². The van der Waals surface area contributed by atoms with Gasteiger partial charge in [0, 0.05) is 5.57 Å². The minimum atomic E-state index is -0.326. The lowest BCUT2D eigenvalue weighted by Gasteiger charge is -2.00. The van der Waals surface area contributed by atoms with Crippen LogP contribution in [0, 0.1) is 0 Å². The average Bonchev–Trinajstić information content (AvgIpc) is 2.34. The van der Waals surface area contributed by atoms with Crippen LogP contribution in [0.15, 0.2) is 48.6 Å². The molecule has 0 saturated carbocycles. The molecule has 84 valence electrons. The second-order valence-electron chi connectivity index (χ2n) is 3.45. The molecule has 0 spiro atoms. The second kappa shape index (κ2) is 6.62. The first-order valence-corrected chi connectivity index (χ1v) is 5.21. The van der Waals surface area contributed by atoms with Crippen molar-refractivity contribution < 1.29 is 9.53 Å². The van der Waals surface area contributed by atoms with Crippen LogP contribution in [0.4, 0.5) is 0 Å². The fourth-order valence-electron chi connectivity index (χ4n) is 1.29. The van der Waals surface area contributed by atoms with Gasteiger partial charge in [-0.15, -0.1) is 0 Å². The Morgan fingerprint density at radius 3 is 2.69 bits per heavy atom. The number of allylic oxidation sites excluding steroid dienone is 1. The Balaban J connectivity index is 2.34. The van der Waals surface area contributed by atoms with E-state index in [-0.39, 0.29) is 5.97 Å². The number of benzene rings is 1. The molecule has 0 fully saturated rings. The van der Waals surface area contributed by atoms with Crippen molar-refractivity contribution in [3.05, 3.63) is 54.1 Å². The van der Waals surface area contributed by atoms with Gasteiger partial charge in [0.15, 0.2) is 0 Å². The molecule has 0 amide bonds. The molecule has 0 radical (unpaired) electrons. The van der Waals surface area contributed by atoms with Crippen LogP contribution in [0.1, 0.15) is 18.4 Å². The molecule has 2 nitrogen and oxygen atoms in total. The molecule has 16 heavy (non-hydrogen) atoms. The summed E-state index contributed by atoms with van der Waals surface area (Å²) in [5.41, 5.74) is 1.67. The summed E-state index contributed by atoms with van der Waals surface area (Å²) in [7, 11) is 1.37. The minimum absolute atomic E-state index is 0.326. The van der Waals surface area contributed by atoms with Gasteiger partial charge in [0.05, 0.1) is 7.11 Å². The molecule has 0 heterocycles. The average molecular weight is 216 g/mol. The summed E-state index contributed by atoms with van der Waals surface area (Å²) in [6.07, 6.45) is 5.49. The predicted octanol–water partition coefficient (Wildman–Crippen LogP) is 3.21. The van der Waals surface area contributed by atoms with Crippen LogP contribution in [0.2, 0.25) is 0 Å². The Labute approximate surface area is 96.2 Å². The molecule has 1 rings (SSSR count). The Bertz CT molecular complexity index is 377. The summed E-state index contributed by atoms with van der Waals surface area (Å²) in [6, 6.07) is 10.0. The van der Waals surface area contributed by atoms with E-state index >= 15 is 0 Å².